The van der Waals surface area contributed by atoms with Crippen LogP contribution in [0, 0.1) is 0 Å². The topological polar surface area (TPSA) is 100 Å². The van der Waals surface area contributed by atoms with Gasteiger partial charge in [0.25, 0.3) is 5.91 Å². The summed E-state index contributed by atoms with van der Waals surface area (Å²) in [6.07, 6.45) is 2.35. The number of likely N-dealkylation sites (N-methyl/N-ethyl adjacent to an activating group) is 1. The molecule has 2 fully saturated rings. The van der Waals surface area contributed by atoms with Crippen LogP contribution in [-0.4, -0.2) is 78.6 Å². The highest BCUT2D eigenvalue weighted by Crippen LogP contribution is 2.32. The lowest BCUT2D eigenvalue weighted by molar-refractivity contribution is -0.134. The molecule has 43 heavy (non-hydrogen) atoms. The van der Waals surface area contributed by atoms with E-state index in [1.165, 1.54) is 16.9 Å². The Morgan fingerprint density at radius 1 is 1.02 bits per heavy atom. The monoisotopic (exact) mass is 602 g/mol. The Balaban J connectivity index is 1.02. The fraction of sp³-hybridized carbons (Fsp3) is 0.424. The average Bonchev–Trinajstić information content (AvgIpc) is 3.67. The molecule has 1 aromatic heterocycles. The molecule has 3 aliphatic rings. The summed E-state index contributed by atoms with van der Waals surface area (Å²) in [5.41, 5.74) is 2.25. The van der Waals surface area contributed by atoms with E-state index >= 15 is 0 Å². The second-order valence-electron chi connectivity index (χ2n) is 11.7. The maximum absolute atomic E-state index is 13.5. The molecule has 0 spiro atoms. The van der Waals surface area contributed by atoms with E-state index in [-0.39, 0.29) is 55.0 Å². The zero-order valence-electron chi connectivity index (χ0n) is 24.4. The number of nitrogens with zero attached hydrogens (tertiary/aromatic N) is 2. The molecule has 0 bridgehead atoms. The minimum Gasteiger partial charge on any atom is -0.490 e. The quantitative estimate of drug-likeness (QED) is 0.403. The van der Waals surface area contributed by atoms with Crippen molar-refractivity contribution in [3.05, 3.63) is 82.0 Å². The van der Waals surface area contributed by atoms with E-state index in [1.54, 1.807) is 30.1 Å². The summed E-state index contributed by atoms with van der Waals surface area (Å²) in [6.45, 7) is 2.97. The fourth-order valence-electron chi connectivity index (χ4n) is 6.31. The van der Waals surface area contributed by atoms with Crippen molar-refractivity contribution < 1.29 is 23.9 Å². The molecular formula is C33H38N4O5S. The van der Waals surface area contributed by atoms with Crippen LogP contribution in [-0.2, 0) is 27.3 Å². The summed E-state index contributed by atoms with van der Waals surface area (Å²) < 4.78 is 12.5. The SMILES string of the molecule is CN1C(=O)c2cc(NC(=O)Cc3cccs3)ccc2OC[C@@H]2O[C@H](CC(=O)N[C@@H]3CCN(Cc4ccccc4)C3)CC[C@@H]21. The second kappa shape index (κ2) is 13.3. The van der Waals surface area contributed by atoms with Crippen molar-refractivity contribution in [3.63, 3.8) is 0 Å². The molecule has 2 aromatic carbocycles. The lowest BCUT2D eigenvalue weighted by atomic mass is 9.94. The van der Waals surface area contributed by atoms with Gasteiger partial charge in [0.1, 0.15) is 18.5 Å². The van der Waals surface area contributed by atoms with Gasteiger partial charge in [0, 0.05) is 43.3 Å². The molecule has 0 unspecified atom stereocenters. The van der Waals surface area contributed by atoms with Crippen LogP contribution in [0.15, 0.2) is 66.0 Å². The zero-order chi connectivity index (χ0) is 29.8. The number of nitrogens with one attached hydrogen (secondary N) is 2. The fourth-order valence-corrected chi connectivity index (χ4v) is 7.01. The lowest BCUT2D eigenvalue weighted by Crippen LogP contribution is -2.54. The van der Waals surface area contributed by atoms with Gasteiger partial charge >= 0.3 is 0 Å². The van der Waals surface area contributed by atoms with E-state index in [0.29, 0.717) is 29.8 Å². The number of ether oxygens (including phenoxy) is 2. The molecule has 6 rings (SSSR count). The normalized spacial score (nSPS) is 23.8. The molecule has 10 heteroatoms. The second-order valence-corrected chi connectivity index (χ2v) is 12.7. The van der Waals surface area contributed by atoms with Crippen LogP contribution in [0.4, 0.5) is 5.69 Å². The minimum atomic E-state index is -0.341. The van der Waals surface area contributed by atoms with Crippen LogP contribution >= 0.6 is 11.3 Å². The summed E-state index contributed by atoms with van der Waals surface area (Å²) in [4.78, 5) is 44.1. The molecule has 9 nitrogen and oxygen atoms in total. The maximum atomic E-state index is 13.5. The largest absolute Gasteiger partial charge is 0.490 e. The number of amides is 3. The van der Waals surface area contributed by atoms with Crippen LogP contribution in [0.25, 0.3) is 0 Å². The van der Waals surface area contributed by atoms with Gasteiger partial charge < -0.3 is 25.0 Å². The van der Waals surface area contributed by atoms with Gasteiger partial charge in [-0.1, -0.05) is 36.4 Å². The number of carbonyl (C=O) groups excluding carboxylic acids is 3. The van der Waals surface area contributed by atoms with Gasteiger partial charge in [-0.25, -0.2) is 0 Å². The van der Waals surface area contributed by atoms with Crippen LogP contribution in [0.2, 0.25) is 0 Å². The van der Waals surface area contributed by atoms with Gasteiger partial charge in [0.15, 0.2) is 0 Å². The van der Waals surface area contributed by atoms with Crippen molar-refractivity contribution in [1.82, 2.24) is 15.1 Å². The zero-order valence-corrected chi connectivity index (χ0v) is 25.2. The number of fused-ring (bicyclic) bond motifs is 2. The van der Waals surface area contributed by atoms with Crippen molar-refractivity contribution in [3.8, 4) is 5.75 Å². The maximum Gasteiger partial charge on any atom is 0.257 e. The van der Waals surface area contributed by atoms with Gasteiger partial charge in [-0.2, -0.15) is 0 Å². The van der Waals surface area contributed by atoms with E-state index in [0.717, 1.165) is 37.4 Å². The van der Waals surface area contributed by atoms with Crippen molar-refractivity contribution >= 4 is 34.7 Å². The molecule has 3 aromatic rings. The van der Waals surface area contributed by atoms with Gasteiger partial charge in [-0.15, -0.1) is 11.3 Å². The summed E-state index contributed by atoms with van der Waals surface area (Å²) in [5, 5.41) is 8.05. The average molecular weight is 603 g/mol. The van der Waals surface area contributed by atoms with E-state index in [2.05, 4.69) is 39.8 Å². The number of hydrogen-bond acceptors (Lipinski definition) is 7. The van der Waals surface area contributed by atoms with Crippen LogP contribution in [0.3, 0.4) is 0 Å². The number of hydrogen-bond donors (Lipinski definition) is 2. The molecule has 2 saturated heterocycles. The standard InChI is InChI=1S/C33H38N4O5S/c1-36-28-11-10-25(17-31(38)35-24-13-14-37(20-24)19-22-6-3-2-4-7-22)42-30(28)21-41-29-12-9-23(16-27(29)33(36)40)34-32(39)18-26-8-5-15-43-26/h2-9,12,15-16,24-25,28,30H,10-11,13-14,17-21H2,1H3,(H,34,39)(H,35,38)/t24-,25+,28+,30+/m1/s1. The third kappa shape index (κ3) is 7.26. The highest BCUT2D eigenvalue weighted by atomic mass is 32.1. The highest BCUT2D eigenvalue weighted by molar-refractivity contribution is 7.10. The number of carbonyl (C=O) groups is 3. The number of anilines is 1. The van der Waals surface area contributed by atoms with E-state index in [4.69, 9.17) is 9.47 Å². The molecule has 2 N–H and O–H groups in total. The van der Waals surface area contributed by atoms with Crippen molar-refractivity contribution in [2.75, 3.05) is 32.1 Å². The minimum absolute atomic E-state index is 0.00482. The Hall–Kier alpha value is -3.73. The Labute approximate surface area is 256 Å². The molecule has 3 aliphatic heterocycles. The first-order chi connectivity index (χ1) is 20.9. The van der Waals surface area contributed by atoms with Crippen molar-refractivity contribution in [2.45, 2.75) is 62.9 Å². The van der Waals surface area contributed by atoms with E-state index < -0.39 is 0 Å². The first-order valence-electron chi connectivity index (χ1n) is 15.0. The molecule has 226 valence electrons. The van der Waals surface area contributed by atoms with Crippen molar-refractivity contribution in [1.29, 1.82) is 0 Å². The lowest BCUT2D eigenvalue weighted by Gasteiger charge is -2.42. The summed E-state index contributed by atoms with van der Waals surface area (Å²) >= 11 is 1.53. The molecule has 4 atom stereocenters. The van der Waals surface area contributed by atoms with Crippen LogP contribution in [0.5, 0.6) is 5.75 Å². The molecule has 0 saturated carbocycles. The summed E-state index contributed by atoms with van der Waals surface area (Å²) in [6, 6.07) is 19.4. The van der Waals surface area contributed by atoms with Gasteiger partial charge in [0.05, 0.1) is 30.6 Å². The third-order valence-corrected chi connectivity index (χ3v) is 9.39. The predicted octanol–water partition coefficient (Wildman–Crippen LogP) is 4.09. The van der Waals surface area contributed by atoms with Crippen LogP contribution in [0.1, 0.15) is 46.5 Å². The Morgan fingerprint density at radius 2 is 1.88 bits per heavy atom. The van der Waals surface area contributed by atoms with Crippen LogP contribution < -0.4 is 15.4 Å². The summed E-state index contributed by atoms with van der Waals surface area (Å²) in [5.74, 6) is 0.143. The number of thiophene rings is 1. The van der Waals surface area contributed by atoms with Crippen molar-refractivity contribution in [2.24, 2.45) is 0 Å². The number of likely N-dealkylation sites (tertiary alicyclic amines) is 1. The van der Waals surface area contributed by atoms with Gasteiger partial charge in [-0.05, 0) is 54.5 Å². The molecule has 0 radical (unpaired) electrons. The first-order valence-corrected chi connectivity index (χ1v) is 15.9. The van der Waals surface area contributed by atoms with Gasteiger partial charge in [-0.3, -0.25) is 19.3 Å². The van der Waals surface area contributed by atoms with Gasteiger partial charge in [0.2, 0.25) is 11.8 Å². The molecule has 3 amide bonds. The number of rotatable bonds is 8. The molecule has 0 aliphatic carbocycles. The Kier molecular flexibility index (Phi) is 9.06. The highest BCUT2D eigenvalue weighted by Gasteiger charge is 2.39. The molecular weight excluding hydrogens is 564 g/mol. The molecule has 4 heterocycles. The van der Waals surface area contributed by atoms with E-state index in [9.17, 15) is 14.4 Å². The first kappa shape index (κ1) is 29.3. The smallest absolute Gasteiger partial charge is 0.257 e. The van der Waals surface area contributed by atoms with E-state index in [1.807, 2.05) is 23.6 Å². The Bertz CT molecular complexity index is 1430. The predicted molar refractivity (Wildman–Crippen MR) is 165 cm³/mol. The third-order valence-electron chi connectivity index (χ3n) is 8.51. The number of benzene rings is 2. The summed E-state index contributed by atoms with van der Waals surface area (Å²) in [7, 11) is 1.79. The Morgan fingerprint density at radius 3 is 2.70 bits per heavy atom.